The third-order valence-electron chi connectivity index (χ3n) is 4.88. The summed E-state index contributed by atoms with van der Waals surface area (Å²) in [6.07, 6.45) is 2.80. The topological polar surface area (TPSA) is 121 Å². The number of nitrogens with zero attached hydrogens (tertiary/aromatic N) is 2. The zero-order chi connectivity index (χ0) is 23.0. The first-order valence-electron chi connectivity index (χ1n) is 9.49. The molecule has 0 unspecified atom stereocenters. The number of imidazole rings is 1. The molecule has 1 aromatic heterocycles. The van der Waals surface area contributed by atoms with Crippen LogP contribution in [-0.4, -0.2) is 33.7 Å². The van der Waals surface area contributed by atoms with Crippen molar-refractivity contribution in [2.24, 2.45) is 5.73 Å². The van der Waals surface area contributed by atoms with Gasteiger partial charge in [0.2, 0.25) is 0 Å². The molecule has 3 aromatic rings. The van der Waals surface area contributed by atoms with Gasteiger partial charge in [0.15, 0.2) is 17.3 Å². The second-order valence-electron chi connectivity index (χ2n) is 7.14. The molecule has 0 radical (unpaired) electrons. The fourth-order valence-corrected chi connectivity index (χ4v) is 3.43. The number of hydrogen-bond donors (Lipinski definition) is 3. The Kier molecular flexibility index (Phi) is 5.62. The molecule has 32 heavy (non-hydrogen) atoms. The number of anilines is 2. The molecule has 4 rings (SSSR count). The molecule has 0 saturated heterocycles. The molecule has 1 heterocycles. The summed E-state index contributed by atoms with van der Waals surface area (Å²) in [6.45, 7) is 0. The third-order valence-corrected chi connectivity index (χ3v) is 5.19. The number of benzene rings is 2. The lowest BCUT2D eigenvalue weighted by Gasteiger charge is -2.22. The summed E-state index contributed by atoms with van der Waals surface area (Å²) in [5.74, 6) is -4.34. The van der Waals surface area contributed by atoms with E-state index in [1.54, 1.807) is 24.3 Å². The van der Waals surface area contributed by atoms with Gasteiger partial charge in [0, 0.05) is 17.4 Å². The second kappa shape index (κ2) is 8.39. The van der Waals surface area contributed by atoms with Crippen molar-refractivity contribution in [2.75, 3.05) is 10.2 Å². The normalized spacial score (nSPS) is 13.0. The van der Waals surface area contributed by atoms with Gasteiger partial charge >= 0.3 is 0 Å². The van der Waals surface area contributed by atoms with E-state index in [1.807, 2.05) is 0 Å². The fourth-order valence-electron chi connectivity index (χ4n) is 3.19. The number of primary amides is 1. The van der Waals surface area contributed by atoms with E-state index in [9.17, 15) is 23.2 Å². The van der Waals surface area contributed by atoms with Crippen LogP contribution in [0.25, 0.3) is 0 Å². The van der Waals surface area contributed by atoms with Crippen molar-refractivity contribution in [1.82, 2.24) is 9.97 Å². The van der Waals surface area contributed by atoms with E-state index in [1.165, 1.54) is 11.2 Å². The number of aromatic amines is 1. The molecule has 0 aliphatic heterocycles. The molecule has 164 valence electrons. The summed E-state index contributed by atoms with van der Waals surface area (Å²) in [6, 6.07) is 7.71. The van der Waals surface area contributed by atoms with E-state index in [-0.39, 0.29) is 28.0 Å². The van der Waals surface area contributed by atoms with Gasteiger partial charge in [-0.25, -0.2) is 13.8 Å². The third kappa shape index (κ3) is 4.17. The second-order valence-corrected chi connectivity index (χ2v) is 7.55. The predicted molar refractivity (Wildman–Crippen MR) is 113 cm³/mol. The number of nitrogens with one attached hydrogen (secondary N) is 2. The molecule has 0 bridgehead atoms. The molecule has 1 aliphatic carbocycles. The fraction of sp³-hybridized carbons (Fsp3) is 0.143. The van der Waals surface area contributed by atoms with E-state index < -0.39 is 29.4 Å². The smallest absolute Gasteiger partial charge is 0.277 e. The van der Waals surface area contributed by atoms with Gasteiger partial charge in [0.25, 0.3) is 17.7 Å². The molecule has 1 fully saturated rings. The van der Waals surface area contributed by atoms with Crippen LogP contribution in [0.5, 0.6) is 0 Å². The van der Waals surface area contributed by atoms with Crippen LogP contribution in [0, 0.1) is 11.6 Å². The number of amides is 3. The van der Waals surface area contributed by atoms with Crippen molar-refractivity contribution < 1.29 is 23.2 Å². The van der Waals surface area contributed by atoms with Crippen LogP contribution in [0.3, 0.4) is 0 Å². The quantitative estimate of drug-likeness (QED) is 0.488. The molecule has 11 heteroatoms. The van der Waals surface area contributed by atoms with Gasteiger partial charge in [-0.1, -0.05) is 11.6 Å². The Labute approximate surface area is 185 Å². The predicted octanol–water partition coefficient (Wildman–Crippen LogP) is 3.50. The van der Waals surface area contributed by atoms with Crippen LogP contribution < -0.4 is 16.0 Å². The molecule has 8 nitrogen and oxygen atoms in total. The highest BCUT2D eigenvalue weighted by atomic mass is 35.5. The Hall–Kier alpha value is -3.79. The summed E-state index contributed by atoms with van der Waals surface area (Å²) in [4.78, 5) is 45.0. The van der Waals surface area contributed by atoms with Crippen LogP contribution in [0.15, 0.2) is 42.7 Å². The van der Waals surface area contributed by atoms with Gasteiger partial charge in [-0.15, -0.1) is 0 Å². The largest absolute Gasteiger partial charge is 0.364 e. The van der Waals surface area contributed by atoms with Crippen molar-refractivity contribution in [1.29, 1.82) is 0 Å². The molecule has 0 atom stereocenters. The van der Waals surface area contributed by atoms with Gasteiger partial charge in [0.05, 0.1) is 16.9 Å². The van der Waals surface area contributed by atoms with Gasteiger partial charge in [-0.2, -0.15) is 0 Å². The first-order chi connectivity index (χ1) is 15.3. The molecule has 1 aliphatic rings. The summed E-state index contributed by atoms with van der Waals surface area (Å²) in [5, 5.41) is 2.32. The van der Waals surface area contributed by atoms with Crippen LogP contribution in [0.4, 0.5) is 20.2 Å². The molecule has 1 saturated carbocycles. The lowest BCUT2D eigenvalue weighted by atomic mass is 10.1. The summed E-state index contributed by atoms with van der Waals surface area (Å²) >= 11 is 5.84. The number of carbonyl (C=O) groups is 3. The zero-order valence-corrected chi connectivity index (χ0v) is 17.1. The summed E-state index contributed by atoms with van der Waals surface area (Å²) in [5.41, 5.74) is 5.80. The maximum absolute atomic E-state index is 13.5. The Morgan fingerprint density at radius 2 is 1.78 bits per heavy atom. The number of halogens is 3. The number of aromatic nitrogens is 2. The van der Waals surface area contributed by atoms with Crippen molar-refractivity contribution in [3.8, 4) is 0 Å². The van der Waals surface area contributed by atoms with Crippen molar-refractivity contribution in [2.45, 2.75) is 18.9 Å². The van der Waals surface area contributed by atoms with Gasteiger partial charge < -0.3 is 20.9 Å². The molecular formula is C21H16ClF2N5O3. The highest BCUT2D eigenvalue weighted by Gasteiger charge is 2.36. The van der Waals surface area contributed by atoms with Gasteiger partial charge in [0.1, 0.15) is 5.69 Å². The number of nitrogens with two attached hydrogens (primary N) is 1. The van der Waals surface area contributed by atoms with E-state index in [2.05, 4.69) is 15.3 Å². The number of rotatable bonds is 6. The first-order valence-corrected chi connectivity index (χ1v) is 9.86. The van der Waals surface area contributed by atoms with Crippen molar-refractivity contribution in [3.05, 3.63) is 76.3 Å². The van der Waals surface area contributed by atoms with Crippen molar-refractivity contribution in [3.63, 3.8) is 0 Å². The summed E-state index contributed by atoms with van der Waals surface area (Å²) < 4.78 is 26.7. The minimum Gasteiger partial charge on any atom is -0.364 e. The van der Waals surface area contributed by atoms with E-state index >= 15 is 0 Å². The van der Waals surface area contributed by atoms with Crippen LogP contribution in [0.1, 0.15) is 44.2 Å². The molecule has 0 spiro atoms. The highest BCUT2D eigenvalue weighted by molar-refractivity contribution is 6.34. The average molecular weight is 460 g/mol. The molecule has 2 aromatic carbocycles. The van der Waals surface area contributed by atoms with E-state index in [4.69, 9.17) is 17.3 Å². The lowest BCUT2D eigenvalue weighted by molar-refractivity contribution is 0.0954. The monoisotopic (exact) mass is 459 g/mol. The molecular weight excluding hydrogens is 444 g/mol. The first kappa shape index (κ1) is 21.4. The van der Waals surface area contributed by atoms with Crippen LogP contribution in [0.2, 0.25) is 5.02 Å². The minimum atomic E-state index is -1.19. The van der Waals surface area contributed by atoms with E-state index in [0.29, 0.717) is 11.4 Å². The Balaban J connectivity index is 1.55. The Bertz CT molecular complexity index is 1220. The Morgan fingerprint density at radius 1 is 1.12 bits per heavy atom. The molecule has 3 amide bonds. The standard InChI is InChI=1S/C21H16ClF2N5O3/c22-14-8-16(24)15(23)7-13(14)20(31)28-10-1-3-11(4-2-10)29(12-5-6-12)21(32)18-17(19(25)30)26-9-27-18/h1-4,7-9,12H,5-6H2,(H2,25,30)(H,26,27)(H,28,31). The van der Waals surface area contributed by atoms with Gasteiger partial charge in [-0.05, 0) is 49.2 Å². The summed E-state index contributed by atoms with van der Waals surface area (Å²) in [7, 11) is 0. The number of H-pyrrole nitrogens is 1. The van der Waals surface area contributed by atoms with Gasteiger partial charge in [-0.3, -0.25) is 14.4 Å². The lowest BCUT2D eigenvalue weighted by Crippen LogP contribution is -2.34. The highest BCUT2D eigenvalue weighted by Crippen LogP contribution is 2.34. The maximum Gasteiger partial charge on any atom is 0.277 e. The van der Waals surface area contributed by atoms with Crippen LogP contribution >= 0.6 is 11.6 Å². The number of carbonyl (C=O) groups excluding carboxylic acids is 3. The zero-order valence-electron chi connectivity index (χ0n) is 16.4. The number of hydrogen-bond acceptors (Lipinski definition) is 4. The van der Waals surface area contributed by atoms with Crippen LogP contribution in [-0.2, 0) is 0 Å². The van der Waals surface area contributed by atoms with Crippen molar-refractivity contribution >= 4 is 40.7 Å². The maximum atomic E-state index is 13.5. The Morgan fingerprint density at radius 3 is 2.41 bits per heavy atom. The SMILES string of the molecule is NC(=O)c1nc[nH]c1C(=O)N(c1ccc(NC(=O)c2cc(F)c(F)cc2Cl)cc1)C1CC1. The molecule has 4 N–H and O–H groups in total. The average Bonchev–Trinajstić information content (AvgIpc) is 3.45. The minimum absolute atomic E-state index is 0.00485. The van der Waals surface area contributed by atoms with E-state index in [0.717, 1.165) is 25.0 Å².